The average molecular weight is 251 g/mol. The highest BCUT2D eigenvalue weighted by molar-refractivity contribution is 5.82. The van der Waals surface area contributed by atoms with Gasteiger partial charge in [0.1, 0.15) is 0 Å². The molecule has 2 heterocycles. The molecule has 1 atom stereocenters. The SMILES string of the molecule is CC(NCc1cccc2[nH]ccc12)c1ccccn1. The minimum Gasteiger partial charge on any atom is -0.361 e. The Bertz CT molecular complexity index is 658. The molecule has 0 bridgehead atoms. The van der Waals surface area contributed by atoms with Crippen molar-refractivity contribution in [1.82, 2.24) is 15.3 Å². The summed E-state index contributed by atoms with van der Waals surface area (Å²) in [6, 6.07) is 14.7. The van der Waals surface area contributed by atoms with Gasteiger partial charge >= 0.3 is 0 Å². The zero-order valence-corrected chi connectivity index (χ0v) is 10.9. The predicted molar refractivity (Wildman–Crippen MR) is 77.8 cm³/mol. The summed E-state index contributed by atoms with van der Waals surface area (Å²) in [6.45, 7) is 2.98. The number of rotatable bonds is 4. The molecule has 0 spiro atoms. The van der Waals surface area contributed by atoms with E-state index in [0.717, 1.165) is 12.2 Å². The number of aromatic nitrogens is 2. The van der Waals surface area contributed by atoms with E-state index in [1.807, 2.05) is 24.5 Å². The van der Waals surface area contributed by atoms with Gasteiger partial charge in [-0.1, -0.05) is 18.2 Å². The Morgan fingerprint density at radius 3 is 2.95 bits per heavy atom. The number of fused-ring (bicyclic) bond motifs is 1. The summed E-state index contributed by atoms with van der Waals surface area (Å²) in [4.78, 5) is 7.61. The van der Waals surface area contributed by atoms with Crippen LogP contribution in [0.5, 0.6) is 0 Å². The lowest BCUT2D eigenvalue weighted by molar-refractivity contribution is 0.563. The highest BCUT2D eigenvalue weighted by atomic mass is 14.9. The fourth-order valence-corrected chi connectivity index (χ4v) is 2.30. The first-order chi connectivity index (χ1) is 9.34. The van der Waals surface area contributed by atoms with E-state index in [1.54, 1.807) is 0 Å². The molecule has 19 heavy (non-hydrogen) atoms. The number of pyridine rings is 1. The number of aromatic amines is 1. The van der Waals surface area contributed by atoms with Crippen LogP contribution < -0.4 is 5.32 Å². The smallest absolute Gasteiger partial charge is 0.0570 e. The zero-order chi connectivity index (χ0) is 13.1. The van der Waals surface area contributed by atoms with Crippen molar-refractivity contribution in [3.05, 3.63) is 66.1 Å². The van der Waals surface area contributed by atoms with Gasteiger partial charge in [0.05, 0.1) is 5.69 Å². The molecule has 0 aliphatic rings. The lowest BCUT2D eigenvalue weighted by atomic mass is 10.1. The van der Waals surface area contributed by atoms with Gasteiger partial charge in [-0.15, -0.1) is 0 Å². The molecule has 3 rings (SSSR count). The van der Waals surface area contributed by atoms with Crippen LogP contribution in [0, 0.1) is 0 Å². The minimum atomic E-state index is 0.246. The zero-order valence-electron chi connectivity index (χ0n) is 10.9. The molecule has 0 amide bonds. The molecule has 3 heteroatoms. The molecule has 0 saturated carbocycles. The van der Waals surface area contributed by atoms with E-state index in [-0.39, 0.29) is 6.04 Å². The van der Waals surface area contributed by atoms with Crippen molar-refractivity contribution in [2.75, 3.05) is 0 Å². The van der Waals surface area contributed by atoms with Gasteiger partial charge in [-0.25, -0.2) is 0 Å². The van der Waals surface area contributed by atoms with E-state index in [1.165, 1.54) is 16.5 Å². The summed E-state index contributed by atoms with van der Waals surface area (Å²) in [5.41, 5.74) is 3.56. The Kier molecular flexibility index (Phi) is 3.29. The molecule has 96 valence electrons. The Morgan fingerprint density at radius 2 is 2.11 bits per heavy atom. The van der Waals surface area contributed by atoms with E-state index in [4.69, 9.17) is 0 Å². The van der Waals surface area contributed by atoms with Gasteiger partial charge in [0.2, 0.25) is 0 Å². The van der Waals surface area contributed by atoms with Crippen LogP contribution in [0.4, 0.5) is 0 Å². The van der Waals surface area contributed by atoms with Gasteiger partial charge in [-0.3, -0.25) is 4.98 Å². The normalized spacial score (nSPS) is 12.7. The first-order valence-corrected chi connectivity index (χ1v) is 6.54. The second-order valence-electron chi connectivity index (χ2n) is 4.71. The summed E-state index contributed by atoms with van der Waals surface area (Å²) >= 11 is 0. The molecule has 1 unspecified atom stereocenters. The molecular weight excluding hydrogens is 234 g/mol. The molecule has 2 aromatic heterocycles. The van der Waals surface area contributed by atoms with Gasteiger partial charge in [-0.2, -0.15) is 0 Å². The fourth-order valence-electron chi connectivity index (χ4n) is 2.30. The van der Waals surface area contributed by atoms with Crippen LogP contribution >= 0.6 is 0 Å². The largest absolute Gasteiger partial charge is 0.361 e. The molecule has 0 saturated heterocycles. The van der Waals surface area contributed by atoms with Crippen molar-refractivity contribution >= 4 is 10.9 Å². The van der Waals surface area contributed by atoms with E-state index < -0.39 is 0 Å². The maximum Gasteiger partial charge on any atom is 0.0570 e. The number of hydrogen-bond acceptors (Lipinski definition) is 2. The van der Waals surface area contributed by atoms with Gasteiger partial charge in [0.15, 0.2) is 0 Å². The highest BCUT2D eigenvalue weighted by Gasteiger charge is 2.07. The predicted octanol–water partition coefficient (Wildman–Crippen LogP) is 3.41. The van der Waals surface area contributed by atoms with E-state index >= 15 is 0 Å². The summed E-state index contributed by atoms with van der Waals surface area (Å²) in [5, 5.41) is 4.80. The monoisotopic (exact) mass is 251 g/mol. The average Bonchev–Trinajstić information content (AvgIpc) is 2.94. The van der Waals surface area contributed by atoms with E-state index in [2.05, 4.69) is 52.5 Å². The molecule has 0 fully saturated rings. The second-order valence-corrected chi connectivity index (χ2v) is 4.71. The Balaban J connectivity index is 1.74. The van der Waals surface area contributed by atoms with Crippen molar-refractivity contribution < 1.29 is 0 Å². The minimum absolute atomic E-state index is 0.246. The number of nitrogens with zero attached hydrogens (tertiary/aromatic N) is 1. The van der Waals surface area contributed by atoms with Gasteiger partial charge in [0, 0.05) is 35.9 Å². The van der Waals surface area contributed by atoms with Gasteiger partial charge in [-0.05, 0) is 36.8 Å². The molecule has 3 nitrogen and oxygen atoms in total. The van der Waals surface area contributed by atoms with Gasteiger partial charge < -0.3 is 10.3 Å². The Labute approximate surface area is 112 Å². The van der Waals surface area contributed by atoms with Crippen LogP contribution in [0.1, 0.15) is 24.2 Å². The highest BCUT2D eigenvalue weighted by Crippen LogP contribution is 2.18. The van der Waals surface area contributed by atoms with Crippen LogP contribution in [0.25, 0.3) is 10.9 Å². The van der Waals surface area contributed by atoms with E-state index in [9.17, 15) is 0 Å². The van der Waals surface area contributed by atoms with Crippen LogP contribution in [0.3, 0.4) is 0 Å². The summed E-state index contributed by atoms with van der Waals surface area (Å²) < 4.78 is 0. The van der Waals surface area contributed by atoms with Crippen molar-refractivity contribution in [2.24, 2.45) is 0 Å². The molecule has 2 N–H and O–H groups in total. The first kappa shape index (κ1) is 11.9. The number of nitrogens with one attached hydrogen (secondary N) is 2. The van der Waals surface area contributed by atoms with Crippen LogP contribution in [-0.4, -0.2) is 9.97 Å². The number of benzene rings is 1. The first-order valence-electron chi connectivity index (χ1n) is 6.54. The van der Waals surface area contributed by atoms with Crippen LogP contribution in [0.15, 0.2) is 54.9 Å². The quantitative estimate of drug-likeness (QED) is 0.746. The van der Waals surface area contributed by atoms with Crippen LogP contribution in [0.2, 0.25) is 0 Å². The number of H-pyrrole nitrogens is 1. The summed E-state index contributed by atoms with van der Waals surface area (Å²) in [5.74, 6) is 0. The van der Waals surface area contributed by atoms with Gasteiger partial charge in [0.25, 0.3) is 0 Å². The third-order valence-electron chi connectivity index (χ3n) is 3.42. The van der Waals surface area contributed by atoms with Crippen molar-refractivity contribution in [1.29, 1.82) is 0 Å². The standard InChI is InChI=1S/C16H17N3/c1-12(15-6-2-3-9-17-15)19-11-13-5-4-7-16-14(13)8-10-18-16/h2-10,12,18-19H,11H2,1H3. The molecule has 1 aromatic carbocycles. The lowest BCUT2D eigenvalue weighted by Gasteiger charge is -2.13. The maximum atomic E-state index is 4.37. The lowest BCUT2D eigenvalue weighted by Crippen LogP contribution is -2.19. The second kappa shape index (κ2) is 5.24. The molecule has 0 aliphatic carbocycles. The van der Waals surface area contributed by atoms with Crippen molar-refractivity contribution in [3.8, 4) is 0 Å². The van der Waals surface area contributed by atoms with Crippen molar-refractivity contribution in [3.63, 3.8) is 0 Å². The molecule has 0 radical (unpaired) electrons. The number of hydrogen-bond donors (Lipinski definition) is 2. The maximum absolute atomic E-state index is 4.37. The molecular formula is C16H17N3. The third kappa shape index (κ3) is 2.51. The Hall–Kier alpha value is -2.13. The topological polar surface area (TPSA) is 40.7 Å². The Morgan fingerprint density at radius 1 is 1.16 bits per heavy atom. The summed E-state index contributed by atoms with van der Waals surface area (Å²) in [6.07, 6.45) is 3.82. The van der Waals surface area contributed by atoms with Crippen molar-refractivity contribution in [2.45, 2.75) is 19.5 Å². The van der Waals surface area contributed by atoms with E-state index in [0.29, 0.717) is 0 Å². The molecule has 0 aliphatic heterocycles. The molecule has 3 aromatic rings. The fraction of sp³-hybridized carbons (Fsp3) is 0.188. The summed E-state index contributed by atoms with van der Waals surface area (Å²) in [7, 11) is 0. The van der Waals surface area contributed by atoms with Crippen LogP contribution in [-0.2, 0) is 6.54 Å². The third-order valence-corrected chi connectivity index (χ3v) is 3.42.